The van der Waals surface area contributed by atoms with Gasteiger partial charge in [0, 0.05) is 5.39 Å². The van der Waals surface area contributed by atoms with Crippen LogP contribution in [0.1, 0.15) is 0 Å². The third-order valence-electron chi connectivity index (χ3n) is 1.95. The number of methoxy groups -OCH3 is 1. The highest BCUT2D eigenvalue weighted by Gasteiger charge is 2.04. The first-order chi connectivity index (χ1) is 6.72. The van der Waals surface area contributed by atoms with Crippen molar-refractivity contribution < 1.29 is 4.74 Å². The van der Waals surface area contributed by atoms with Crippen molar-refractivity contribution in [1.29, 1.82) is 0 Å². The summed E-state index contributed by atoms with van der Waals surface area (Å²) >= 11 is 3.26. The van der Waals surface area contributed by atoms with E-state index in [1.807, 2.05) is 0 Å². The lowest BCUT2D eigenvalue weighted by molar-refractivity contribution is 0.415. The predicted molar refractivity (Wildman–Crippen MR) is 56.6 cm³/mol. The molecule has 0 aliphatic carbocycles. The number of fused-ring (bicyclic) bond motifs is 1. The quantitative estimate of drug-likeness (QED) is 0.843. The van der Waals surface area contributed by atoms with Gasteiger partial charge in [-0.2, -0.15) is 5.10 Å². The van der Waals surface area contributed by atoms with Gasteiger partial charge in [-0.3, -0.25) is 4.79 Å². The van der Waals surface area contributed by atoms with E-state index in [1.54, 1.807) is 25.3 Å². The maximum absolute atomic E-state index is 11.4. The van der Waals surface area contributed by atoms with Crippen molar-refractivity contribution in [3.8, 4) is 5.75 Å². The van der Waals surface area contributed by atoms with Crippen molar-refractivity contribution in [3.63, 3.8) is 0 Å². The van der Waals surface area contributed by atoms with Crippen LogP contribution in [0, 0.1) is 0 Å². The van der Waals surface area contributed by atoms with Crippen LogP contribution >= 0.6 is 15.9 Å². The van der Waals surface area contributed by atoms with Crippen molar-refractivity contribution in [1.82, 2.24) is 10.2 Å². The highest BCUT2D eigenvalue weighted by Crippen LogP contribution is 2.22. The van der Waals surface area contributed by atoms with E-state index in [2.05, 4.69) is 26.1 Å². The van der Waals surface area contributed by atoms with Crippen molar-refractivity contribution in [2.24, 2.45) is 0 Å². The number of ether oxygens (including phenoxy) is 1. The van der Waals surface area contributed by atoms with Crippen LogP contribution in [0.5, 0.6) is 5.75 Å². The maximum Gasteiger partial charge on any atom is 0.272 e. The van der Waals surface area contributed by atoms with E-state index < -0.39 is 0 Å². The number of H-pyrrole nitrogens is 1. The SMILES string of the molecule is COc1ccc2c(Br)n[nH]c(=O)c2c1. The first-order valence-electron chi connectivity index (χ1n) is 3.94. The Morgan fingerprint density at radius 3 is 2.93 bits per heavy atom. The zero-order valence-corrected chi connectivity index (χ0v) is 8.96. The van der Waals surface area contributed by atoms with E-state index in [0.29, 0.717) is 15.7 Å². The van der Waals surface area contributed by atoms with Gasteiger partial charge in [-0.15, -0.1) is 0 Å². The van der Waals surface area contributed by atoms with Crippen LogP contribution in [0.15, 0.2) is 27.6 Å². The molecule has 0 atom stereocenters. The van der Waals surface area contributed by atoms with E-state index in [9.17, 15) is 4.79 Å². The molecule has 0 saturated carbocycles. The van der Waals surface area contributed by atoms with Crippen molar-refractivity contribution in [2.45, 2.75) is 0 Å². The number of hydrogen-bond acceptors (Lipinski definition) is 3. The molecule has 14 heavy (non-hydrogen) atoms. The minimum Gasteiger partial charge on any atom is -0.497 e. The second kappa shape index (κ2) is 3.42. The Hall–Kier alpha value is -1.36. The molecule has 1 heterocycles. The van der Waals surface area contributed by atoms with E-state index in [1.165, 1.54) is 0 Å². The molecule has 1 N–H and O–H groups in total. The van der Waals surface area contributed by atoms with Crippen LogP contribution in [0.25, 0.3) is 10.8 Å². The molecule has 0 spiro atoms. The minimum absolute atomic E-state index is 0.220. The van der Waals surface area contributed by atoms with E-state index >= 15 is 0 Å². The summed E-state index contributed by atoms with van der Waals surface area (Å²) in [6.45, 7) is 0. The third-order valence-corrected chi connectivity index (χ3v) is 2.55. The number of nitrogens with zero attached hydrogens (tertiary/aromatic N) is 1. The third kappa shape index (κ3) is 1.39. The Bertz CT molecular complexity index is 536. The molecule has 72 valence electrons. The van der Waals surface area contributed by atoms with Crippen LogP contribution in [-0.4, -0.2) is 17.3 Å². The summed E-state index contributed by atoms with van der Waals surface area (Å²) in [5.41, 5.74) is -0.220. The zero-order chi connectivity index (χ0) is 10.1. The highest BCUT2D eigenvalue weighted by atomic mass is 79.9. The number of hydrogen-bond donors (Lipinski definition) is 1. The molecule has 0 saturated heterocycles. The van der Waals surface area contributed by atoms with Gasteiger partial charge in [-0.05, 0) is 34.1 Å². The zero-order valence-electron chi connectivity index (χ0n) is 7.37. The highest BCUT2D eigenvalue weighted by molar-refractivity contribution is 9.10. The summed E-state index contributed by atoms with van der Waals surface area (Å²) in [6.07, 6.45) is 0. The van der Waals surface area contributed by atoms with Gasteiger partial charge < -0.3 is 4.74 Å². The average Bonchev–Trinajstić information content (AvgIpc) is 2.23. The first kappa shape index (κ1) is 9.21. The summed E-state index contributed by atoms with van der Waals surface area (Å²) in [5, 5.41) is 7.52. The molecule has 1 aromatic heterocycles. The Balaban J connectivity index is 2.87. The summed E-state index contributed by atoms with van der Waals surface area (Å²) in [5.74, 6) is 0.654. The van der Waals surface area contributed by atoms with Gasteiger partial charge >= 0.3 is 0 Å². The number of benzene rings is 1. The van der Waals surface area contributed by atoms with Crippen molar-refractivity contribution in [3.05, 3.63) is 33.2 Å². The summed E-state index contributed by atoms with van der Waals surface area (Å²) in [7, 11) is 1.56. The Labute approximate surface area is 88.0 Å². The Kier molecular flexibility index (Phi) is 2.25. The molecule has 2 rings (SSSR count). The van der Waals surface area contributed by atoms with Crippen LogP contribution in [0.3, 0.4) is 0 Å². The predicted octanol–water partition coefficient (Wildman–Crippen LogP) is 1.69. The van der Waals surface area contributed by atoms with E-state index in [4.69, 9.17) is 4.74 Å². The van der Waals surface area contributed by atoms with Gasteiger partial charge in [0.05, 0.1) is 12.5 Å². The monoisotopic (exact) mass is 254 g/mol. The smallest absolute Gasteiger partial charge is 0.272 e. The largest absolute Gasteiger partial charge is 0.497 e. The molecule has 0 aliphatic heterocycles. The van der Waals surface area contributed by atoms with Crippen LogP contribution in [0.2, 0.25) is 0 Å². The number of aromatic nitrogens is 2. The van der Waals surface area contributed by atoms with E-state index in [0.717, 1.165) is 5.39 Å². The topological polar surface area (TPSA) is 55.0 Å². The number of rotatable bonds is 1. The van der Waals surface area contributed by atoms with Crippen molar-refractivity contribution in [2.75, 3.05) is 7.11 Å². The molecule has 1 aromatic carbocycles. The maximum atomic E-state index is 11.4. The molecule has 0 aliphatic rings. The average molecular weight is 255 g/mol. The van der Waals surface area contributed by atoms with Gasteiger partial charge in [0.25, 0.3) is 5.56 Å². The van der Waals surface area contributed by atoms with Crippen LogP contribution in [0.4, 0.5) is 0 Å². The molecule has 0 amide bonds. The number of nitrogens with one attached hydrogen (secondary N) is 1. The van der Waals surface area contributed by atoms with Crippen LogP contribution < -0.4 is 10.3 Å². The Morgan fingerprint density at radius 2 is 2.21 bits per heavy atom. The lowest BCUT2D eigenvalue weighted by atomic mass is 10.2. The molecule has 2 aromatic rings. The van der Waals surface area contributed by atoms with Gasteiger partial charge in [-0.1, -0.05) is 0 Å². The molecule has 5 heteroatoms. The van der Waals surface area contributed by atoms with Gasteiger partial charge in [0.1, 0.15) is 10.4 Å². The summed E-state index contributed by atoms with van der Waals surface area (Å²) in [4.78, 5) is 11.4. The summed E-state index contributed by atoms with van der Waals surface area (Å²) < 4.78 is 5.65. The number of aromatic amines is 1. The standard InChI is InChI=1S/C9H7BrN2O2/c1-14-5-2-3-6-7(4-5)9(13)12-11-8(6)10/h2-4H,1H3,(H,12,13). The molecule has 4 nitrogen and oxygen atoms in total. The van der Waals surface area contributed by atoms with Crippen molar-refractivity contribution >= 4 is 26.7 Å². The fraction of sp³-hybridized carbons (Fsp3) is 0.111. The van der Waals surface area contributed by atoms with Gasteiger partial charge in [0.15, 0.2) is 0 Å². The first-order valence-corrected chi connectivity index (χ1v) is 4.73. The lowest BCUT2D eigenvalue weighted by Gasteiger charge is -2.01. The Morgan fingerprint density at radius 1 is 1.43 bits per heavy atom. The normalized spacial score (nSPS) is 10.4. The fourth-order valence-electron chi connectivity index (χ4n) is 1.24. The fourth-order valence-corrected chi connectivity index (χ4v) is 1.67. The van der Waals surface area contributed by atoms with Gasteiger partial charge in [0.2, 0.25) is 0 Å². The van der Waals surface area contributed by atoms with Crippen LogP contribution in [-0.2, 0) is 0 Å². The minimum atomic E-state index is -0.220. The number of halogens is 1. The summed E-state index contributed by atoms with van der Waals surface area (Å²) in [6, 6.07) is 5.26. The van der Waals surface area contributed by atoms with Gasteiger partial charge in [-0.25, -0.2) is 5.10 Å². The molecule has 0 radical (unpaired) electrons. The molecule has 0 unspecified atom stereocenters. The second-order valence-corrected chi connectivity index (χ2v) is 3.51. The second-order valence-electron chi connectivity index (χ2n) is 2.76. The molecule has 0 fully saturated rings. The molecular weight excluding hydrogens is 248 g/mol. The lowest BCUT2D eigenvalue weighted by Crippen LogP contribution is -2.08. The van der Waals surface area contributed by atoms with E-state index in [-0.39, 0.29) is 5.56 Å². The molecule has 0 bridgehead atoms. The molecular formula is C9H7BrN2O2.